The lowest BCUT2D eigenvalue weighted by molar-refractivity contribution is -0.119. The van der Waals surface area contributed by atoms with Crippen LogP contribution < -0.4 is 0 Å². The highest BCUT2D eigenvalue weighted by atomic mass is 16.5. The quantitative estimate of drug-likeness (QED) is 0.438. The van der Waals surface area contributed by atoms with Crippen LogP contribution in [0, 0.1) is 5.41 Å². The maximum atomic E-state index is 11.7. The Morgan fingerprint density at radius 1 is 0.885 bits per heavy atom. The van der Waals surface area contributed by atoms with Gasteiger partial charge in [-0.2, -0.15) is 0 Å². The Morgan fingerprint density at radius 3 is 2.12 bits per heavy atom. The first-order valence-electron chi connectivity index (χ1n) is 9.72. The van der Waals surface area contributed by atoms with Crippen LogP contribution >= 0.6 is 0 Å². The Kier molecular flexibility index (Phi) is 8.57. The van der Waals surface area contributed by atoms with E-state index in [1.807, 2.05) is 24.3 Å². The van der Waals surface area contributed by atoms with E-state index in [-0.39, 0.29) is 5.41 Å². The number of aryl methyl sites for hydroxylation is 1. The molecular weight excluding hydrogens is 320 g/mol. The van der Waals surface area contributed by atoms with Crippen LogP contribution in [0.5, 0.6) is 0 Å². The zero-order valence-corrected chi connectivity index (χ0v) is 16.2. The second kappa shape index (κ2) is 10.9. The number of carbonyl (C=O) groups excluding carboxylic acids is 1. The first kappa shape index (κ1) is 20.4. The molecular formula is C24H32O2. The van der Waals surface area contributed by atoms with E-state index in [9.17, 15) is 4.79 Å². The maximum Gasteiger partial charge on any atom is 0.130 e. The summed E-state index contributed by atoms with van der Waals surface area (Å²) in [5.41, 5.74) is 2.66. The van der Waals surface area contributed by atoms with Crippen LogP contribution in [-0.4, -0.2) is 12.4 Å². The van der Waals surface area contributed by atoms with Crippen LogP contribution in [0.1, 0.15) is 57.1 Å². The van der Waals surface area contributed by atoms with Gasteiger partial charge in [-0.15, -0.1) is 0 Å². The Labute approximate surface area is 158 Å². The van der Waals surface area contributed by atoms with Crippen LogP contribution in [0.4, 0.5) is 0 Å². The molecule has 0 aliphatic heterocycles. The lowest BCUT2D eigenvalue weighted by Crippen LogP contribution is -2.21. The third kappa shape index (κ3) is 7.97. The van der Waals surface area contributed by atoms with Gasteiger partial charge in [-0.3, -0.25) is 0 Å². The molecule has 0 aliphatic carbocycles. The van der Waals surface area contributed by atoms with E-state index in [1.54, 1.807) is 6.92 Å². The summed E-state index contributed by atoms with van der Waals surface area (Å²) in [5.74, 6) is 0.292. The van der Waals surface area contributed by atoms with Crippen molar-refractivity contribution in [3.8, 4) is 0 Å². The number of benzene rings is 2. The summed E-state index contributed by atoms with van der Waals surface area (Å²) in [7, 11) is 0. The fourth-order valence-electron chi connectivity index (χ4n) is 3.51. The van der Waals surface area contributed by atoms with Gasteiger partial charge in [-0.05, 0) is 49.1 Å². The van der Waals surface area contributed by atoms with E-state index in [0.29, 0.717) is 18.8 Å². The average molecular weight is 353 g/mol. The molecule has 0 amide bonds. The number of rotatable bonds is 12. The summed E-state index contributed by atoms with van der Waals surface area (Å²) in [5, 5.41) is 0. The lowest BCUT2D eigenvalue weighted by atomic mass is 9.76. The average Bonchev–Trinajstić information content (AvgIpc) is 2.64. The van der Waals surface area contributed by atoms with E-state index < -0.39 is 0 Å². The van der Waals surface area contributed by atoms with Crippen molar-refractivity contribution in [1.82, 2.24) is 0 Å². The molecule has 2 rings (SSSR count). The summed E-state index contributed by atoms with van der Waals surface area (Å²) in [6, 6.07) is 20.8. The fourth-order valence-corrected chi connectivity index (χ4v) is 3.51. The van der Waals surface area contributed by atoms with Gasteiger partial charge in [-0.1, -0.05) is 74.0 Å². The number of carbonyl (C=O) groups is 1. The largest absolute Gasteiger partial charge is 0.377 e. The van der Waals surface area contributed by atoms with Crippen molar-refractivity contribution in [1.29, 1.82) is 0 Å². The van der Waals surface area contributed by atoms with Crippen molar-refractivity contribution < 1.29 is 9.53 Å². The number of unbranched alkanes of at least 4 members (excludes halogenated alkanes) is 1. The molecule has 0 spiro atoms. The lowest BCUT2D eigenvalue weighted by Gasteiger charge is -2.29. The molecule has 26 heavy (non-hydrogen) atoms. The minimum atomic E-state index is 0.0844. The zero-order valence-electron chi connectivity index (χ0n) is 16.2. The third-order valence-corrected chi connectivity index (χ3v) is 4.97. The second-order valence-corrected chi connectivity index (χ2v) is 7.67. The van der Waals surface area contributed by atoms with Crippen molar-refractivity contribution >= 4 is 5.78 Å². The van der Waals surface area contributed by atoms with Crippen LogP contribution in [0.25, 0.3) is 0 Å². The zero-order chi connectivity index (χ0) is 18.7. The third-order valence-electron chi connectivity index (χ3n) is 4.97. The molecule has 0 saturated heterocycles. The standard InChI is InChI=1S/C24H32O2/c1-21(25)19-24(2,17-15-22-11-5-3-6-12-22)16-9-10-18-26-20-23-13-7-4-8-14-23/h3-8,11-14H,9-10,15-20H2,1-2H3/t24-/m0/s1. The number of Topliss-reactive ketones (excluding diaryl/α,β-unsaturated/α-hetero) is 1. The highest BCUT2D eigenvalue weighted by Gasteiger charge is 2.25. The van der Waals surface area contributed by atoms with E-state index in [1.165, 1.54) is 11.1 Å². The summed E-state index contributed by atoms with van der Waals surface area (Å²) in [6.45, 7) is 5.44. The van der Waals surface area contributed by atoms with Crippen molar-refractivity contribution in [2.24, 2.45) is 5.41 Å². The Morgan fingerprint density at radius 2 is 1.50 bits per heavy atom. The Balaban J connectivity index is 1.71. The minimum absolute atomic E-state index is 0.0844. The second-order valence-electron chi connectivity index (χ2n) is 7.67. The molecule has 0 radical (unpaired) electrons. The smallest absolute Gasteiger partial charge is 0.130 e. The van der Waals surface area contributed by atoms with E-state index >= 15 is 0 Å². The highest BCUT2D eigenvalue weighted by Crippen LogP contribution is 2.34. The fraction of sp³-hybridized carbons (Fsp3) is 0.458. The van der Waals surface area contributed by atoms with E-state index in [0.717, 1.165) is 38.7 Å². The molecule has 0 fully saturated rings. The normalized spacial score (nSPS) is 13.3. The molecule has 1 atom stereocenters. The Hall–Kier alpha value is -1.93. The molecule has 0 aromatic heterocycles. The molecule has 140 valence electrons. The highest BCUT2D eigenvalue weighted by molar-refractivity contribution is 5.76. The molecule has 0 N–H and O–H groups in total. The van der Waals surface area contributed by atoms with Crippen LogP contribution in [0.3, 0.4) is 0 Å². The maximum absolute atomic E-state index is 11.7. The van der Waals surface area contributed by atoms with Crippen molar-refractivity contribution in [3.63, 3.8) is 0 Å². The monoisotopic (exact) mass is 352 g/mol. The Bertz CT molecular complexity index is 636. The molecule has 2 heteroatoms. The predicted molar refractivity (Wildman–Crippen MR) is 108 cm³/mol. The molecule has 0 bridgehead atoms. The number of ketones is 1. The van der Waals surface area contributed by atoms with Crippen LogP contribution in [0.2, 0.25) is 0 Å². The van der Waals surface area contributed by atoms with E-state index in [2.05, 4.69) is 43.3 Å². The van der Waals surface area contributed by atoms with Gasteiger partial charge in [0.05, 0.1) is 6.61 Å². The van der Waals surface area contributed by atoms with Gasteiger partial charge >= 0.3 is 0 Å². The summed E-state index contributed by atoms with van der Waals surface area (Å²) in [4.78, 5) is 11.7. The first-order valence-corrected chi connectivity index (χ1v) is 9.72. The number of hydrogen-bond donors (Lipinski definition) is 0. The first-order chi connectivity index (χ1) is 12.6. The topological polar surface area (TPSA) is 26.3 Å². The van der Waals surface area contributed by atoms with Gasteiger partial charge in [0.15, 0.2) is 0 Å². The van der Waals surface area contributed by atoms with Gasteiger partial charge in [-0.25, -0.2) is 0 Å². The predicted octanol–water partition coefficient (Wildman–Crippen LogP) is 5.99. The molecule has 2 nitrogen and oxygen atoms in total. The van der Waals surface area contributed by atoms with Crippen LogP contribution in [-0.2, 0) is 22.6 Å². The summed E-state index contributed by atoms with van der Waals surface area (Å²) >= 11 is 0. The molecule has 2 aromatic rings. The van der Waals surface area contributed by atoms with Gasteiger partial charge in [0.25, 0.3) is 0 Å². The van der Waals surface area contributed by atoms with Crippen molar-refractivity contribution in [2.75, 3.05) is 6.61 Å². The molecule has 0 saturated carbocycles. The SMILES string of the molecule is CC(=O)C[C@@](C)(CCCCOCc1ccccc1)CCc1ccccc1. The number of ether oxygens (including phenoxy) is 1. The van der Waals surface area contributed by atoms with E-state index in [4.69, 9.17) is 4.74 Å². The number of hydrogen-bond acceptors (Lipinski definition) is 2. The van der Waals surface area contributed by atoms with Crippen molar-refractivity contribution in [3.05, 3.63) is 71.8 Å². The molecule has 0 aliphatic rings. The summed E-state index contributed by atoms with van der Waals surface area (Å²) < 4.78 is 5.78. The van der Waals surface area contributed by atoms with Gasteiger partial charge in [0.1, 0.15) is 5.78 Å². The van der Waals surface area contributed by atoms with Gasteiger partial charge < -0.3 is 9.53 Å². The van der Waals surface area contributed by atoms with Crippen molar-refractivity contribution in [2.45, 2.75) is 59.0 Å². The van der Waals surface area contributed by atoms with Gasteiger partial charge in [0.2, 0.25) is 0 Å². The van der Waals surface area contributed by atoms with Crippen LogP contribution in [0.15, 0.2) is 60.7 Å². The van der Waals surface area contributed by atoms with Gasteiger partial charge in [0, 0.05) is 13.0 Å². The summed E-state index contributed by atoms with van der Waals surface area (Å²) in [6.07, 6.45) is 5.99. The molecule has 0 unspecified atom stereocenters. The minimum Gasteiger partial charge on any atom is -0.377 e. The molecule has 0 heterocycles. The molecule has 2 aromatic carbocycles.